The van der Waals surface area contributed by atoms with Crippen LogP contribution in [0.5, 0.6) is 5.75 Å². The summed E-state index contributed by atoms with van der Waals surface area (Å²) >= 11 is 0. The third-order valence-electron chi connectivity index (χ3n) is 6.45. The number of anilines is 1. The molecule has 0 radical (unpaired) electrons. The predicted octanol–water partition coefficient (Wildman–Crippen LogP) is 5.74. The summed E-state index contributed by atoms with van der Waals surface area (Å²) in [4.78, 5) is 7.03. The Bertz CT molecular complexity index is 1180. The number of benzene rings is 3. The second kappa shape index (κ2) is 9.41. The summed E-state index contributed by atoms with van der Waals surface area (Å²) < 4.78 is 6.26. The number of rotatable bonds is 6. The van der Waals surface area contributed by atoms with Crippen LogP contribution in [-0.4, -0.2) is 36.1 Å². The van der Waals surface area contributed by atoms with E-state index >= 15 is 0 Å². The first-order chi connectivity index (χ1) is 15.8. The number of hydrogen-bond donors (Lipinski definition) is 1. The largest absolute Gasteiger partial charge is 0.492 e. The SMILES string of the molecule is Nc1cccc(-c2ccc(OCCN3CCC(c4ccccc4)CC3)c3ccccc23)n1. The molecule has 1 fully saturated rings. The van der Waals surface area contributed by atoms with Gasteiger partial charge in [0.1, 0.15) is 18.2 Å². The van der Waals surface area contributed by atoms with Gasteiger partial charge < -0.3 is 10.5 Å². The van der Waals surface area contributed by atoms with Gasteiger partial charge in [0.15, 0.2) is 0 Å². The van der Waals surface area contributed by atoms with Gasteiger partial charge in [-0.3, -0.25) is 4.90 Å². The van der Waals surface area contributed by atoms with E-state index in [4.69, 9.17) is 10.5 Å². The van der Waals surface area contributed by atoms with Crippen LogP contribution in [0.3, 0.4) is 0 Å². The van der Waals surface area contributed by atoms with Crippen molar-refractivity contribution in [2.45, 2.75) is 18.8 Å². The second-order valence-electron chi connectivity index (χ2n) is 8.48. The number of hydrogen-bond acceptors (Lipinski definition) is 4. The maximum atomic E-state index is 6.26. The minimum Gasteiger partial charge on any atom is -0.492 e. The van der Waals surface area contributed by atoms with Crippen LogP contribution >= 0.6 is 0 Å². The molecular weight excluding hydrogens is 394 g/mol. The molecule has 1 saturated heterocycles. The van der Waals surface area contributed by atoms with Crippen molar-refractivity contribution >= 4 is 16.6 Å². The first-order valence-corrected chi connectivity index (χ1v) is 11.4. The zero-order chi connectivity index (χ0) is 21.8. The molecular formula is C28H29N3O. The first kappa shape index (κ1) is 20.5. The van der Waals surface area contributed by atoms with Gasteiger partial charge in [-0.05, 0) is 67.1 Å². The van der Waals surface area contributed by atoms with E-state index in [1.807, 2.05) is 18.2 Å². The lowest BCUT2D eigenvalue weighted by Crippen LogP contribution is -2.35. The van der Waals surface area contributed by atoms with Crippen molar-refractivity contribution in [3.05, 3.63) is 90.5 Å². The van der Waals surface area contributed by atoms with Crippen molar-refractivity contribution in [3.8, 4) is 17.0 Å². The Kier molecular flexibility index (Phi) is 6.04. The molecule has 4 aromatic rings. The van der Waals surface area contributed by atoms with E-state index in [0.29, 0.717) is 18.3 Å². The Labute approximate surface area is 189 Å². The molecule has 1 aliphatic heterocycles. The molecule has 0 bridgehead atoms. The van der Waals surface area contributed by atoms with Crippen LogP contribution in [0.1, 0.15) is 24.3 Å². The zero-order valence-electron chi connectivity index (χ0n) is 18.3. The van der Waals surface area contributed by atoms with Crippen molar-refractivity contribution in [2.24, 2.45) is 0 Å². The van der Waals surface area contributed by atoms with Gasteiger partial charge in [-0.1, -0.05) is 60.7 Å². The number of fused-ring (bicyclic) bond motifs is 1. The number of ether oxygens (including phenoxy) is 1. The van der Waals surface area contributed by atoms with Crippen LogP contribution in [0.2, 0.25) is 0 Å². The van der Waals surface area contributed by atoms with Crippen LogP contribution in [0.25, 0.3) is 22.0 Å². The van der Waals surface area contributed by atoms with Gasteiger partial charge in [0.25, 0.3) is 0 Å². The minimum atomic E-state index is 0.531. The molecule has 1 aliphatic rings. The molecule has 0 amide bonds. The highest BCUT2D eigenvalue weighted by Crippen LogP contribution is 2.34. The van der Waals surface area contributed by atoms with Crippen molar-refractivity contribution in [2.75, 3.05) is 32.0 Å². The third-order valence-corrected chi connectivity index (χ3v) is 6.45. The van der Waals surface area contributed by atoms with Crippen LogP contribution in [0, 0.1) is 0 Å². The van der Waals surface area contributed by atoms with Crippen molar-refractivity contribution in [3.63, 3.8) is 0 Å². The lowest BCUT2D eigenvalue weighted by molar-refractivity contribution is 0.174. The molecule has 4 heteroatoms. The Morgan fingerprint density at radius 2 is 1.56 bits per heavy atom. The maximum Gasteiger partial charge on any atom is 0.127 e. The fourth-order valence-electron chi connectivity index (χ4n) is 4.72. The van der Waals surface area contributed by atoms with Crippen molar-refractivity contribution in [1.82, 2.24) is 9.88 Å². The lowest BCUT2D eigenvalue weighted by Gasteiger charge is -2.32. The normalized spacial score (nSPS) is 15.1. The van der Waals surface area contributed by atoms with Gasteiger partial charge in [-0.2, -0.15) is 0 Å². The topological polar surface area (TPSA) is 51.4 Å². The van der Waals surface area contributed by atoms with Gasteiger partial charge >= 0.3 is 0 Å². The molecule has 2 N–H and O–H groups in total. The molecule has 5 rings (SSSR count). The molecule has 4 nitrogen and oxygen atoms in total. The van der Waals surface area contributed by atoms with Crippen LogP contribution in [0.15, 0.2) is 84.9 Å². The average molecular weight is 424 g/mol. The summed E-state index contributed by atoms with van der Waals surface area (Å²) in [7, 11) is 0. The number of piperidine rings is 1. The molecule has 162 valence electrons. The number of likely N-dealkylation sites (tertiary alicyclic amines) is 1. The number of aromatic nitrogens is 1. The monoisotopic (exact) mass is 423 g/mol. The number of nitrogen functional groups attached to an aromatic ring is 1. The molecule has 0 unspecified atom stereocenters. The quantitative estimate of drug-likeness (QED) is 0.429. The van der Waals surface area contributed by atoms with Gasteiger partial charge in [0, 0.05) is 17.5 Å². The lowest BCUT2D eigenvalue weighted by atomic mass is 9.89. The summed E-state index contributed by atoms with van der Waals surface area (Å²) in [5.74, 6) is 2.14. The van der Waals surface area contributed by atoms with Gasteiger partial charge in [-0.25, -0.2) is 4.98 Å². The molecule has 1 aromatic heterocycles. The Morgan fingerprint density at radius 1 is 0.812 bits per heavy atom. The van der Waals surface area contributed by atoms with Gasteiger partial charge in [0.2, 0.25) is 0 Å². The Morgan fingerprint density at radius 3 is 2.34 bits per heavy atom. The second-order valence-corrected chi connectivity index (χ2v) is 8.48. The highest BCUT2D eigenvalue weighted by atomic mass is 16.5. The molecule has 2 heterocycles. The zero-order valence-corrected chi connectivity index (χ0v) is 18.3. The van der Waals surface area contributed by atoms with Crippen LogP contribution < -0.4 is 10.5 Å². The fraction of sp³-hybridized carbons (Fsp3) is 0.250. The van der Waals surface area contributed by atoms with E-state index in [9.17, 15) is 0 Å². The van der Waals surface area contributed by atoms with Crippen molar-refractivity contribution < 1.29 is 4.74 Å². The van der Waals surface area contributed by atoms with Gasteiger partial charge in [-0.15, -0.1) is 0 Å². The average Bonchev–Trinajstić information content (AvgIpc) is 2.85. The minimum absolute atomic E-state index is 0.531. The smallest absolute Gasteiger partial charge is 0.127 e. The number of nitrogens with two attached hydrogens (primary N) is 1. The van der Waals surface area contributed by atoms with Crippen LogP contribution in [-0.2, 0) is 0 Å². The van der Waals surface area contributed by atoms with E-state index in [-0.39, 0.29) is 0 Å². The van der Waals surface area contributed by atoms with Gasteiger partial charge in [0.05, 0.1) is 5.69 Å². The van der Waals surface area contributed by atoms with E-state index in [1.165, 1.54) is 18.4 Å². The fourth-order valence-corrected chi connectivity index (χ4v) is 4.72. The summed E-state index contributed by atoms with van der Waals surface area (Å²) in [6.07, 6.45) is 2.43. The van der Waals surface area contributed by atoms with E-state index in [2.05, 4.69) is 76.6 Å². The first-order valence-electron chi connectivity index (χ1n) is 11.4. The molecule has 0 spiro atoms. The summed E-state index contributed by atoms with van der Waals surface area (Å²) in [6, 6.07) is 29.2. The van der Waals surface area contributed by atoms with E-state index in [0.717, 1.165) is 47.4 Å². The number of nitrogens with zero attached hydrogens (tertiary/aromatic N) is 2. The van der Waals surface area contributed by atoms with Crippen molar-refractivity contribution in [1.29, 1.82) is 0 Å². The predicted molar refractivity (Wildman–Crippen MR) is 132 cm³/mol. The third kappa shape index (κ3) is 4.46. The maximum absolute atomic E-state index is 6.26. The molecule has 3 aromatic carbocycles. The molecule has 32 heavy (non-hydrogen) atoms. The summed E-state index contributed by atoms with van der Waals surface area (Å²) in [5, 5.41) is 2.24. The molecule has 0 aliphatic carbocycles. The standard InChI is InChI=1S/C28H29N3O/c29-28-12-6-11-26(30-28)24-13-14-27(25-10-5-4-9-23(24)25)32-20-19-31-17-15-22(16-18-31)21-7-2-1-3-8-21/h1-14,22H,15-20H2,(H2,29,30). The molecule has 0 atom stereocenters. The van der Waals surface area contributed by atoms with E-state index in [1.54, 1.807) is 0 Å². The highest BCUT2D eigenvalue weighted by molar-refractivity contribution is 5.99. The van der Waals surface area contributed by atoms with E-state index < -0.39 is 0 Å². The molecule has 0 saturated carbocycles. The highest BCUT2D eigenvalue weighted by Gasteiger charge is 2.20. The Hall–Kier alpha value is -3.37. The summed E-state index contributed by atoms with van der Waals surface area (Å²) in [5.41, 5.74) is 9.34. The number of pyridine rings is 1. The Balaban J connectivity index is 1.23. The van der Waals surface area contributed by atoms with Crippen LogP contribution in [0.4, 0.5) is 5.82 Å². The summed E-state index contributed by atoms with van der Waals surface area (Å²) in [6.45, 7) is 3.90.